The molecule has 0 amide bonds. The lowest BCUT2D eigenvalue weighted by Gasteiger charge is -2.33. The van der Waals surface area contributed by atoms with Crippen molar-refractivity contribution in [3.05, 3.63) is 18.0 Å². The summed E-state index contributed by atoms with van der Waals surface area (Å²) in [5.74, 6) is 0. The van der Waals surface area contributed by atoms with Crippen LogP contribution in [0.1, 0.15) is 44.2 Å². The standard InChI is InChI=1S/C11H18N2O/c1-9-7-12-13(8-9)10-3-5-11(2,14)6-4-10/h7-8,10,14H,3-6H2,1-2H3/t10-,11-. The quantitative estimate of drug-likeness (QED) is 0.743. The maximum absolute atomic E-state index is 9.81. The van der Waals surface area contributed by atoms with Crippen LogP contribution in [-0.4, -0.2) is 20.5 Å². The number of rotatable bonds is 1. The Morgan fingerprint density at radius 3 is 2.64 bits per heavy atom. The fourth-order valence-electron chi connectivity index (χ4n) is 2.12. The number of aliphatic hydroxyl groups is 1. The zero-order valence-electron chi connectivity index (χ0n) is 8.90. The molecule has 1 aliphatic rings. The van der Waals surface area contributed by atoms with Gasteiger partial charge in [-0.05, 0) is 45.1 Å². The Bertz CT molecular complexity index is 307. The van der Waals surface area contributed by atoms with E-state index in [9.17, 15) is 5.11 Å². The van der Waals surface area contributed by atoms with Crippen LogP contribution in [0.3, 0.4) is 0 Å². The molecule has 0 atom stereocenters. The van der Waals surface area contributed by atoms with E-state index in [4.69, 9.17) is 0 Å². The Morgan fingerprint density at radius 1 is 1.50 bits per heavy atom. The van der Waals surface area contributed by atoms with Crippen molar-refractivity contribution in [3.63, 3.8) is 0 Å². The molecule has 3 heteroatoms. The van der Waals surface area contributed by atoms with Crippen molar-refractivity contribution in [1.29, 1.82) is 0 Å². The highest BCUT2D eigenvalue weighted by Crippen LogP contribution is 2.34. The SMILES string of the molecule is Cc1cnn([C@H]2CC[C@](C)(O)CC2)c1. The average Bonchev–Trinajstić information content (AvgIpc) is 2.52. The first-order valence-electron chi connectivity index (χ1n) is 5.30. The van der Waals surface area contributed by atoms with E-state index < -0.39 is 5.60 Å². The predicted octanol–water partition coefficient (Wildman–Crippen LogP) is 2.06. The molecule has 78 valence electrons. The third-order valence-corrected chi connectivity index (χ3v) is 3.14. The zero-order chi connectivity index (χ0) is 10.2. The molecule has 3 nitrogen and oxygen atoms in total. The molecule has 1 aliphatic carbocycles. The molecule has 0 radical (unpaired) electrons. The summed E-state index contributed by atoms with van der Waals surface area (Å²) >= 11 is 0. The minimum absolute atomic E-state index is 0.446. The van der Waals surface area contributed by atoms with E-state index in [0.29, 0.717) is 6.04 Å². The number of nitrogens with zero attached hydrogens (tertiary/aromatic N) is 2. The van der Waals surface area contributed by atoms with Gasteiger partial charge in [-0.15, -0.1) is 0 Å². The zero-order valence-corrected chi connectivity index (χ0v) is 8.90. The minimum atomic E-state index is -0.446. The molecule has 0 aliphatic heterocycles. The van der Waals surface area contributed by atoms with Crippen LogP contribution in [0, 0.1) is 6.92 Å². The number of aromatic nitrogens is 2. The normalized spacial score (nSPS) is 33.2. The van der Waals surface area contributed by atoms with Gasteiger partial charge in [-0.1, -0.05) is 0 Å². The van der Waals surface area contributed by atoms with Crippen molar-refractivity contribution in [2.24, 2.45) is 0 Å². The molecular weight excluding hydrogens is 176 g/mol. The summed E-state index contributed by atoms with van der Waals surface area (Å²) in [5, 5.41) is 14.1. The Morgan fingerprint density at radius 2 is 2.14 bits per heavy atom. The van der Waals surface area contributed by atoms with Gasteiger partial charge in [0.05, 0.1) is 17.8 Å². The van der Waals surface area contributed by atoms with Crippen LogP contribution in [0.4, 0.5) is 0 Å². The van der Waals surface area contributed by atoms with Crippen molar-refractivity contribution < 1.29 is 5.11 Å². The van der Waals surface area contributed by atoms with Crippen LogP contribution in [0.15, 0.2) is 12.4 Å². The van der Waals surface area contributed by atoms with Crippen LogP contribution in [0.2, 0.25) is 0 Å². The summed E-state index contributed by atoms with van der Waals surface area (Å²) in [6, 6.07) is 0.490. The molecule has 0 saturated heterocycles. The van der Waals surface area contributed by atoms with Gasteiger partial charge in [-0.25, -0.2) is 0 Å². The Balaban J connectivity index is 2.02. The minimum Gasteiger partial charge on any atom is -0.390 e. The van der Waals surface area contributed by atoms with Gasteiger partial charge in [0, 0.05) is 6.20 Å². The molecular formula is C11H18N2O. The summed E-state index contributed by atoms with van der Waals surface area (Å²) in [4.78, 5) is 0. The van der Waals surface area contributed by atoms with Crippen LogP contribution in [0.5, 0.6) is 0 Å². The summed E-state index contributed by atoms with van der Waals surface area (Å²) in [5.41, 5.74) is 0.765. The summed E-state index contributed by atoms with van der Waals surface area (Å²) in [6.07, 6.45) is 7.83. The predicted molar refractivity (Wildman–Crippen MR) is 55.1 cm³/mol. The van der Waals surface area contributed by atoms with Gasteiger partial charge in [0.15, 0.2) is 0 Å². The van der Waals surface area contributed by atoms with E-state index in [0.717, 1.165) is 25.7 Å². The third kappa shape index (κ3) is 1.98. The summed E-state index contributed by atoms with van der Waals surface area (Å²) in [7, 11) is 0. The van der Waals surface area contributed by atoms with Gasteiger partial charge in [0.25, 0.3) is 0 Å². The van der Waals surface area contributed by atoms with Gasteiger partial charge in [-0.3, -0.25) is 4.68 Å². The first-order chi connectivity index (χ1) is 6.57. The largest absolute Gasteiger partial charge is 0.390 e. The van der Waals surface area contributed by atoms with Gasteiger partial charge in [0.2, 0.25) is 0 Å². The molecule has 0 bridgehead atoms. The fourth-order valence-corrected chi connectivity index (χ4v) is 2.12. The topological polar surface area (TPSA) is 38.0 Å². The Labute approximate surface area is 84.7 Å². The summed E-state index contributed by atoms with van der Waals surface area (Å²) < 4.78 is 2.05. The second kappa shape index (κ2) is 3.39. The highest BCUT2D eigenvalue weighted by Gasteiger charge is 2.29. The third-order valence-electron chi connectivity index (χ3n) is 3.14. The van der Waals surface area contributed by atoms with E-state index >= 15 is 0 Å². The van der Waals surface area contributed by atoms with Gasteiger partial charge >= 0.3 is 0 Å². The molecule has 0 aromatic carbocycles. The lowest BCUT2D eigenvalue weighted by molar-refractivity contribution is 0.00851. The molecule has 1 fully saturated rings. The molecule has 0 unspecified atom stereocenters. The Hall–Kier alpha value is -0.830. The maximum Gasteiger partial charge on any atom is 0.0621 e. The van der Waals surface area contributed by atoms with Gasteiger partial charge in [0.1, 0.15) is 0 Å². The highest BCUT2D eigenvalue weighted by atomic mass is 16.3. The van der Waals surface area contributed by atoms with Crippen molar-refractivity contribution >= 4 is 0 Å². The van der Waals surface area contributed by atoms with Crippen LogP contribution >= 0.6 is 0 Å². The van der Waals surface area contributed by atoms with Crippen LogP contribution in [-0.2, 0) is 0 Å². The number of hydrogen-bond acceptors (Lipinski definition) is 2. The second-order valence-electron chi connectivity index (χ2n) is 4.73. The Kier molecular flexibility index (Phi) is 2.35. The first kappa shape index (κ1) is 9.71. The molecule has 14 heavy (non-hydrogen) atoms. The molecule has 1 N–H and O–H groups in total. The lowest BCUT2D eigenvalue weighted by Crippen LogP contribution is -2.31. The molecule has 2 rings (SSSR count). The van der Waals surface area contributed by atoms with Gasteiger partial charge in [-0.2, -0.15) is 5.10 Å². The fraction of sp³-hybridized carbons (Fsp3) is 0.727. The van der Waals surface area contributed by atoms with E-state index in [-0.39, 0.29) is 0 Å². The van der Waals surface area contributed by atoms with E-state index in [2.05, 4.69) is 18.2 Å². The van der Waals surface area contributed by atoms with Crippen molar-refractivity contribution in [3.8, 4) is 0 Å². The van der Waals surface area contributed by atoms with Crippen molar-refractivity contribution in [1.82, 2.24) is 9.78 Å². The smallest absolute Gasteiger partial charge is 0.0621 e. The van der Waals surface area contributed by atoms with E-state index in [1.54, 1.807) is 0 Å². The van der Waals surface area contributed by atoms with E-state index in [1.807, 2.05) is 17.8 Å². The maximum atomic E-state index is 9.81. The molecule has 1 aromatic rings. The van der Waals surface area contributed by atoms with E-state index in [1.165, 1.54) is 5.56 Å². The highest BCUT2D eigenvalue weighted by molar-refractivity contribution is 5.01. The first-order valence-corrected chi connectivity index (χ1v) is 5.30. The number of hydrogen-bond donors (Lipinski definition) is 1. The van der Waals surface area contributed by atoms with Gasteiger partial charge < -0.3 is 5.11 Å². The molecule has 1 aromatic heterocycles. The van der Waals surface area contributed by atoms with Crippen molar-refractivity contribution in [2.45, 2.75) is 51.2 Å². The molecule has 1 heterocycles. The molecule has 1 saturated carbocycles. The van der Waals surface area contributed by atoms with Crippen LogP contribution < -0.4 is 0 Å². The second-order valence-corrected chi connectivity index (χ2v) is 4.73. The number of aryl methyl sites for hydroxylation is 1. The monoisotopic (exact) mass is 194 g/mol. The van der Waals surface area contributed by atoms with Crippen LogP contribution in [0.25, 0.3) is 0 Å². The van der Waals surface area contributed by atoms with Crippen molar-refractivity contribution in [2.75, 3.05) is 0 Å². The lowest BCUT2D eigenvalue weighted by atomic mass is 9.84. The average molecular weight is 194 g/mol. The molecule has 0 spiro atoms. The summed E-state index contributed by atoms with van der Waals surface area (Å²) in [6.45, 7) is 3.99.